The molecule has 0 aliphatic heterocycles. The van der Waals surface area contributed by atoms with Crippen molar-refractivity contribution >= 4 is 46.0 Å². The minimum atomic E-state index is -1.06. The van der Waals surface area contributed by atoms with Gasteiger partial charge in [-0.2, -0.15) is 0 Å². The van der Waals surface area contributed by atoms with Crippen molar-refractivity contribution in [2.75, 3.05) is 6.61 Å². The van der Waals surface area contributed by atoms with Crippen LogP contribution < -0.4 is 10.2 Å². The van der Waals surface area contributed by atoms with E-state index in [-0.39, 0.29) is 26.1 Å². The number of hydrogen-bond acceptors (Lipinski definition) is 6. The van der Waals surface area contributed by atoms with Gasteiger partial charge in [-0.3, -0.25) is 19.8 Å². The van der Waals surface area contributed by atoms with Crippen molar-refractivity contribution in [2.24, 2.45) is 11.3 Å². The number of hydrogen-bond donors (Lipinski definition) is 2. The van der Waals surface area contributed by atoms with Gasteiger partial charge in [-0.1, -0.05) is 41.4 Å². The fraction of sp³-hybridized carbons (Fsp3) is 0.320. The molecule has 2 aromatic carbocycles. The molecule has 3 aromatic rings. The van der Waals surface area contributed by atoms with Crippen molar-refractivity contribution in [1.82, 2.24) is 10.5 Å². The summed E-state index contributed by atoms with van der Waals surface area (Å²) in [5.74, 6) is -1.47. The average Bonchev–Trinajstić information content (AvgIpc) is 3.53. The number of nitrogens with one attached hydrogen (secondary N) is 1. The molecular weight excluding hydrogens is 479 g/mol. The second-order valence-corrected chi connectivity index (χ2v) is 9.22. The van der Waals surface area contributed by atoms with Gasteiger partial charge in [0.2, 0.25) is 5.91 Å². The quantitative estimate of drug-likeness (QED) is 0.254. The second kappa shape index (κ2) is 9.78. The molecule has 0 unspecified atom stereocenters. The van der Waals surface area contributed by atoms with Crippen LogP contribution in [0.3, 0.4) is 0 Å². The lowest BCUT2D eigenvalue weighted by atomic mass is 9.93. The Morgan fingerprint density at radius 3 is 2.59 bits per heavy atom. The predicted octanol–water partition coefficient (Wildman–Crippen LogP) is 5.05. The molecule has 1 amide bonds. The molecule has 0 saturated heterocycles. The van der Waals surface area contributed by atoms with E-state index >= 15 is 0 Å². The standard InChI is InChI=1S/C25H24Cl2N2O5/c1-3-33-24(31)25(12-18(25)23(30)29-32)11-15-9-19(26)22(20(27)10-15)34-13-16-8-14(2)28-21-7-5-4-6-17(16)21/h4-10,18,32H,3,11-13H2,1-2H3,(H,29,30)/t18-,25+/m1/s1. The van der Waals surface area contributed by atoms with E-state index in [4.69, 9.17) is 37.9 Å². The Morgan fingerprint density at radius 2 is 1.91 bits per heavy atom. The number of carbonyl (C=O) groups is 2. The van der Waals surface area contributed by atoms with Gasteiger partial charge in [0, 0.05) is 16.6 Å². The first-order valence-electron chi connectivity index (χ1n) is 10.9. The summed E-state index contributed by atoms with van der Waals surface area (Å²) in [4.78, 5) is 29.1. The van der Waals surface area contributed by atoms with Crippen molar-refractivity contribution in [1.29, 1.82) is 0 Å². The number of para-hydroxylation sites is 1. The predicted molar refractivity (Wildman–Crippen MR) is 128 cm³/mol. The number of halogens is 2. The molecule has 0 radical (unpaired) electrons. The molecule has 4 rings (SSSR count). The lowest BCUT2D eigenvalue weighted by molar-refractivity contribution is -0.152. The Labute approximate surface area is 206 Å². The summed E-state index contributed by atoms with van der Waals surface area (Å²) in [5.41, 5.74) is 3.93. The van der Waals surface area contributed by atoms with Crippen LogP contribution in [0.2, 0.25) is 10.0 Å². The third kappa shape index (κ3) is 4.69. The molecule has 1 heterocycles. The molecule has 2 atom stereocenters. The number of amides is 1. The van der Waals surface area contributed by atoms with E-state index in [1.165, 1.54) is 0 Å². The molecule has 9 heteroatoms. The highest BCUT2D eigenvalue weighted by Crippen LogP contribution is 2.56. The van der Waals surface area contributed by atoms with Gasteiger partial charge in [0.05, 0.1) is 33.5 Å². The smallest absolute Gasteiger partial charge is 0.313 e. The number of pyridine rings is 1. The largest absolute Gasteiger partial charge is 0.486 e. The molecule has 1 saturated carbocycles. The number of fused-ring (bicyclic) bond motifs is 1. The molecule has 34 heavy (non-hydrogen) atoms. The zero-order chi connectivity index (χ0) is 24.5. The van der Waals surface area contributed by atoms with Crippen LogP contribution in [-0.4, -0.2) is 28.7 Å². The van der Waals surface area contributed by atoms with Crippen molar-refractivity contribution in [3.63, 3.8) is 0 Å². The van der Waals surface area contributed by atoms with Crippen molar-refractivity contribution in [3.8, 4) is 5.75 Å². The van der Waals surface area contributed by atoms with Crippen LogP contribution in [0.5, 0.6) is 5.75 Å². The molecular formula is C25H24Cl2N2O5. The molecule has 1 aliphatic carbocycles. The minimum absolute atomic E-state index is 0.186. The average molecular weight is 503 g/mol. The van der Waals surface area contributed by atoms with Crippen LogP contribution >= 0.6 is 23.2 Å². The maximum Gasteiger partial charge on any atom is 0.313 e. The van der Waals surface area contributed by atoms with Gasteiger partial charge >= 0.3 is 5.97 Å². The lowest BCUT2D eigenvalue weighted by Crippen LogP contribution is -2.30. The minimum Gasteiger partial charge on any atom is -0.486 e. The summed E-state index contributed by atoms with van der Waals surface area (Å²) >= 11 is 13.0. The molecule has 7 nitrogen and oxygen atoms in total. The number of carbonyl (C=O) groups excluding carboxylic acids is 2. The Morgan fingerprint density at radius 1 is 1.21 bits per heavy atom. The van der Waals surface area contributed by atoms with Gasteiger partial charge in [-0.05, 0) is 56.5 Å². The zero-order valence-corrected chi connectivity index (χ0v) is 20.2. The number of benzene rings is 2. The second-order valence-electron chi connectivity index (χ2n) is 8.40. The van der Waals surface area contributed by atoms with Crippen LogP contribution in [0, 0.1) is 18.3 Å². The summed E-state index contributed by atoms with van der Waals surface area (Å²) in [6.45, 7) is 4.05. The summed E-state index contributed by atoms with van der Waals surface area (Å²) in [7, 11) is 0. The van der Waals surface area contributed by atoms with E-state index in [0.717, 1.165) is 22.2 Å². The SMILES string of the molecule is CCOC(=O)[C@@]1(Cc2cc(Cl)c(OCc3cc(C)nc4ccccc34)c(Cl)c2)C[C@@H]1C(=O)NO. The van der Waals surface area contributed by atoms with Gasteiger partial charge < -0.3 is 9.47 Å². The Balaban J connectivity index is 1.56. The molecule has 1 aromatic heterocycles. The summed E-state index contributed by atoms with van der Waals surface area (Å²) in [5, 5.41) is 10.6. The number of aryl methyl sites for hydroxylation is 1. The normalized spacial score (nSPS) is 19.0. The maximum absolute atomic E-state index is 12.6. The van der Waals surface area contributed by atoms with Crippen LogP contribution in [0.4, 0.5) is 0 Å². The lowest BCUT2D eigenvalue weighted by Gasteiger charge is -2.18. The summed E-state index contributed by atoms with van der Waals surface area (Å²) < 4.78 is 11.2. The van der Waals surface area contributed by atoms with Gasteiger partial charge in [-0.25, -0.2) is 5.48 Å². The first kappa shape index (κ1) is 24.3. The fourth-order valence-corrected chi connectivity index (χ4v) is 5.02. The highest BCUT2D eigenvalue weighted by molar-refractivity contribution is 6.37. The topological polar surface area (TPSA) is 97.8 Å². The summed E-state index contributed by atoms with van der Waals surface area (Å²) in [6, 6.07) is 13.1. The number of rotatable bonds is 8. The van der Waals surface area contributed by atoms with E-state index in [0.29, 0.717) is 21.4 Å². The number of ether oxygens (including phenoxy) is 2. The molecule has 2 N–H and O–H groups in total. The highest BCUT2D eigenvalue weighted by Gasteiger charge is 2.64. The first-order chi connectivity index (χ1) is 16.3. The van der Waals surface area contributed by atoms with Gasteiger partial charge in [0.15, 0.2) is 5.75 Å². The Hall–Kier alpha value is -2.87. The van der Waals surface area contributed by atoms with Crippen molar-refractivity contribution < 1.29 is 24.3 Å². The first-order valence-corrected chi connectivity index (χ1v) is 11.6. The van der Waals surface area contributed by atoms with E-state index < -0.39 is 23.2 Å². The van der Waals surface area contributed by atoms with Crippen molar-refractivity contribution in [3.05, 3.63) is 69.3 Å². The number of aromatic nitrogens is 1. The zero-order valence-electron chi connectivity index (χ0n) is 18.7. The van der Waals surface area contributed by atoms with Crippen LogP contribution in [0.25, 0.3) is 10.9 Å². The highest BCUT2D eigenvalue weighted by atomic mass is 35.5. The maximum atomic E-state index is 12.6. The van der Waals surface area contributed by atoms with E-state index in [9.17, 15) is 9.59 Å². The van der Waals surface area contributed by atoms with E-state index in [2.05, 4.69) is 4.98 Å². The number of hydroxylamine groups is 1. The number of esters is 1. The number of nitrogens with zero attached hydrogens (tertiary/aromatic N) is 1. The van der Waals surface area contributed by atoms with E-state index in [1.54, 1.807) is 24.5 Å². The third-order valence-corrected chi connectivity index (χ3v) is 6.63. The van der Waals surface area contributed by atoms with Gasteiger partial charge in [-0.15, -0.1) is 0 Å². The molecule has 0 bridgehead atoms. The van der Waals surface area contributed by atoms with E-state index in [1.807, 2.05) is 37.3 Å². The van der Waals surface area contributed by atoms with Crippen LogP contribution in [-0.2, 0) is 27.4 Å². The Kier molecular flexibility index (Phi) is 6.98. The van der Waals surface area contributed by atoms with Gasteiger partial charge in [0.1, 0.15) is 6.61 Å². The fourth-order valence-electron chi connectivity index (χ4n) is 4.38. The van der Waals surface area contributed by atoms with Crippen molar-refractivity contribution in [2.45, 2.75) is 33.3 Å². The molecule has 178 valence electrons. The molecule has 0 spiro atoms. The molecule has 1 aliphatic rings. The molecule has 1 fully saturated rings. The monoisotopic (exact) mass is 502 g/mol. The Bertz CT molecular complexity index is 1240. The third-order valence-electron chi connectivity index (χ3n) is 6.06. The summed E-state index contributed by atoms with van der Waals surface area (Å²) in [6.07, 6.45) is 0.456. The van der Waals surface area contributed by atoms with Crippen LogP contribution in [0.1, 0.15) is 30.2 Å². The van der Waals surface area contributed by atoms with Crippen LogP contribution in [0.15, 0.2) is 42.5 Å². The van der Waals surface area contributed by atoms with Gasteiger partial charge in [0.25, 0.3) is 0 Å².